The third kappa shape index (κ3) is 4.78. The molecule has 0 unspecified atom stereocenters. The molecule has 2 amide bonds. The molecule has 0 aliphatic carbocycles. The van der Waals surface area contributed by atoms with Gasteiger partial charge in [0.2, 0.25) is 0 Å². The van der Waals surface area contributed by atoms with Crippen molar-refractivity contribution in [2.24, 2.45) is 0 Å². The maximum Gasteiger partial charge on any atom is 0.255 e. The molecule has 0 saturated carbocycles. The van der Waals surface area contributed by atoms with Gasteiger partial charge < -0.3 is 19.4 Å². The smallest absolute Gasteiger partial charge is 0.255 e. The van der Waals surface area contributed by atoms with Gasteiger partial charge in [-0.05, 0) is 67.8 Å². The number of anilines is 1. The van der Waals surface area contributed by atoms with Gasteiger partial charge in [-0.15, -0.1) is 0 Å². The van der Waals surface area contributed by atoms with E-state index in [1.54, 1.807) is 42.5 Å². The minimum absolute atomic E-state index is 0.00565. The first-order valence-electron chi connectivity index (χ1n) is 11.4. The molecule has 34 heavy (non-hydrogen) atoms. The van der Waals surface area contributed by atoms with Gasteiger partial charge in [0, 0.05) is 42.3 Å². The third-order valence-electron chi connectivity index (χ3n) is 5.89. The van der Waals surface area contributed by atoms with Crippen molar-refractivity contribution in [1.82, 2.24) is 14.3 Å². The van der Waals surface area contributed by atoms with Crippen LogP contribution in [0.2, 0.25) is 0 Å². The van der Waals surface area contributed by atoms with Crippen molar-refractivity contribution in [3.63, 3.8) is 0 Å². The normalized spacial score (nSPS) is 13.3. The maximum atomic E-state index is 12.8. The molecule has 2 aromatic heterocycles. The van der Waals surface area contributed by atoms with Gasteiger partial charge in [-0.2, -0.15) is 0 Å². The van der Waals surface area contributed by atoms with E-state index >= 15 is 0 Å². The number of imidazole rings is 1. The molecule has 5 rings (SSSR count). The highest BCUT2D eigenvalue weighted by molar-refractivity contribution is 6.05. The van der Waals surface area contributed by atoms with Gasteiger partial charge in [-0.3, -0.25) is 9.59 Å². The lowest BCUT2D eigenvalue weighted by Crippen LogP contribution is -2.27. The van der Waals surface area contributed by atoms with Crippen molar-refractivity contribution in [2.75, 3.05) is 18.4 Å². The zero-order valence-corrected chi connectivity index (χ0v) is 19.0. The summed E-state index contributed by atoms with van der Waals surface area (Å²) >= 11 is 0. The quantitative estimate of drug-likeness (QED) is 0.458. The first-order chi connectivity index (χ1) is 16.5. The molecule has 4 aromatic rings. The number of carbonyl (C=O) groups excluding carboxylic acids is 2. The summed E-state index contributed by atoms with van der Waals surface area (Å²) in [5, 5.41) is 2.89. The number of rotatable bonds is 6. The van der Waals surface area contributed by atoms with Crippen LogP contribution >= 0.6 is 0 Å². The molecule has 7 nitrogen and oxygen atoms in total. The fraction of sp³-hybridized carbons (Fsp3) is 0.222. The summed E-state index contributed by atoms with van der Waals surface area (Å²) in [7, 11) is 0. The number of aryl methyl sites for hydroxylation is 1. The number of benzene rings is 2. The molecule has 0 bridgehead atoms. The Kier molecular flexibility index (Phi) is 5.99. The summed E-state index contributed by atoms with van der Waals surface area (Å²) in [6.45, 7) is 3.91. The topological polar surface area (TPSA) is 75.9 Å². The van der Waals surface area contributed by atoms with Crippen LogP contribution in [0.1, 0.15) is 44.8 Å². The predicted octanol–water partition coefficient (Wildman–Crippen LogP) is 4.71. The van der Waals surface area contributed by atoms with Crippen LogP contribution in [0.5, 0.6) is 5.75 Å². The molecule has 7 heteroatoms. The number of likely N-dealkylation sites (tertiary alicyclic amines) is 1. The Morgan fingerprint density at radius 3 is 2.62 bits per heavy atom. The maximum absolute atomic E-state index is 12.8. The number of pyridine rings is 1. The van der Waals surface area contributed by atoms with Crippen LogP contribution in [0.15, 0.2) is 73.1 Å². The van der Waals surface area contributed by atoms with E-state index in [2.05, 4.69) is 10.3 Å². The number of ether oxygens (including phenoxy) is 1. The Morgan fingerprint density at radius 1 is 0.971 bits per heavy atom. The lowest BCUT2D eigenvalue weighted by molar-refractivity contribution is 0.0792. The summed E-state index contributed by atoms with van der Waals surface area (Å²) in [6, 6.07) is 18.1. The molecule has 1 saturated heterocycles. The van der Waals surface area contributed by atoms with E-state index in [0.717, 1.165) is 42.8 Å². The highest BCUT2D eigenvalue weighted by atomic mass is 16.5. The summed E-state index contributed by atoms with van der Waals surface area (Å²) in [4.78, 5) is 31.9. The average Bonchev–Trinajstić information content (AvgIpc) is 3.52. The molecule has 0 radical (unpaired) electrons. The van der Waals surface area contributed by atoms with Gasteiger partial charge in [0.05, 0.1) is 5.69 Å². The van der Waals surface area contributed by atoms with Gasteiger partial charge in [0.15, 0.2) is 0 Å². The monoisotopic (exact) mass is 454 g/mol. The van der Waals surface area contributed by atoms with Crippen LogP contribution in [0, 0.1) is 6.92 Å². The molecule has 1 aliphatic heterocycles. The van der Waals surface area contributed by atoms with Gasteiger partial charge in [-0.25, -0.2) is 4.98 Å². The van der Waals surface area contributed by atoms with Crippen LogP contribution in [0.3, 0.4) is 0 Å². The van der Waals surface area contributed by atoms with Crippen molar-refractivity contribution >= 4 is 23.1 Å². The molecule has 1 N–H and O–H groups in total. The Bertz CT molecular complexity index is 1360. The number of amides is 2. The van der Waals surface area contributed by atoms with E-state index < -0.39 is 0 Å². The van der Waals surface area contributed by atoms with Crippen molar-refractivity contribution in [2.45, 2.75) is 26.4 Å². The van der Waals surface area contributed by atoms with E-state index in [4.69, 9.17) is 4.74 Å². The van der Waals surface area contributed by atoms with Crippen molar-refractivity contribution in [3.05, 3.63) is 95.4 Å². The fourth-order valence-corrected chi connectivity index (χ4v) is 4.15. The zero-order valence-electron chi connectivity index (χ0n) is 19.0. The number of nitrogens with zero attached hydrogens (tertiary/aromatic N) is 3. The largest absolute Gasteiger partial charge is 0.487 e. The Balaban J connectivity index is 1.24. The molecule has 1 fully saturated rings. The number of nitrogens with one attached hydrogen (secondary N) is 1. The van der Waals surface area contributed by atoms with Crippen LogP contribution in [-0.4, -0.2) is 39.2 Å². The van der Waals surface area contributed by atoms with E-state index in [-0.39, 0.29) is 11.8 Å². The zero-order chi connectivity index (χ0) is 23.5. The van der Waals surface area contributed by atoms with Gasteiger partial charge in [0.25, 0.3) is 11.8 Å². The van der Waals surface area contributed by atoms with Crippen molar-refractivity contribution in [3.8, 4) is 5.75 Å². The van der Waals surface area contributed by atoms with E-state index in [1.165, 1.54) is 0 Å². The number of fused-ring (bicyclic) bond motifs is 1. The van der Waals surface area contributed by atoms with Gasteiger partial charge in [0.1, 0.15) is 18.0 Å². The Labute approximate surface area is 198 Å². The van der Waals surface area contributed by atoms with Crippen LogP contribution in [-0.2, 0) is 6.61 Å². The molecule has 0 spiro atoms. The Hall–Kier alpha value is -4.13. The summed E-state index contributed by atoms with van der Waals surface area (Å²) in [5.41, 5.74) is 4.46. The fourth-order valence-electron chi connectivity index (χ4n) is 4.15. The van der Waals surface area contributed by atoms with Crippen LogP contribution in [0.25, 0.3) is 5.65 Å². The third-order valence-corrected chi connectivity index (χ3v) is 5.89. The SMILES string of the molecule is Cc1ccc2nc(COc3cccc(C(=O)Nc4cccc(C(=O)N5CCCC5)c4)c3)cn2c1. The lowest BCUT2D eigenvalue weighted by Gasteiger charge is -2.16. The van der Waals surface area contributed by atoms with Gasteiger partial charge in [-0.1, -0.05) is 18.2 Å². The highest BCUT2D eigenvalue weighted by Crippen LogP contribution is 2.19. The second-order valence-corrected chi connectivity index (χ2v) is 8.55. The molecular formula is C27H26N4O3. The lowest BCUT2D eigenvalue weighted by atomic mass is 10.1. The second-order valence-electron chi connectivity index (χ2n) is 8.55. The first-order valence-corrected chi connectivity index (χ1v) is 11.4. The van der Waals surface area contributed by atoms with E-state index in [1.807, 2.05) is 46.8 Å². The summed E-state index contributed by atoms with van der Waals surface area (Å²) in [6.07, 6.45) is 6.04. The number of hydrogen-bond acceptors (Lipinski definition) is 4. The minimum atomic E-state index is -0.264. The average molecular weight is 455 g/mol. The number of aromatic nitrogens is 2. The van der Waals surface area contributed by atoms with E-state index in [9.17, 15) is 9.59 Å². The first kappa shape index (κ1) is 21.7. The number of carbonyl (C=O) groups is 2. The molecule has 1 aliphatic rings. The van der Waals surface area contributed by atoms with Crippen molar-refractivity contribution in [1.29, 1.82) is 0 Å². The predicted molar refractivity (Wildman–Crippen MR) is 130 cm³/mol. The van der Waals surface area contributed by atoms with Crippen LogP contribution < -0.4 is 10.1 Å². The van der Waals surface area contributed by atoms with E-state index in [0.29, 0.717) is 29.2 Å². The van der Waals surface area contributed by atoms with Crippen LogP contribution in [0.4, 0.5) is 5.69 Å². The minimum Gasteiger partial charge on any atom is -0.487 e. The molecular weight excluding hydrogens is 428 g/mol. The molecule has 3 heterocycles. The highest BCUT2D eigenvalue weighted by Gasteiger charge is 2.19. The Morgan fingerprint density at radius 2 is 1.76 bits per heavy atom. The summed E-state index contributed by atoms with van der Waals surface area (Å²) in [5.74, 6) is 0.323. The molecule has 172 valence electrons. The second kappa shape index (κ2) is 9.39. The summed E-state index contributed by atoms with van der Waals surface area (Å²) < 4.78 is 7.87. The molecule has 0 atom stereocenters. The number of hydrogen-bond donors (Lipinski definition) is 1. The van der Waals surface area contributed by atoms with Gasteiger partial charge >= 0.3 is 0 Å². The van der Waals surface area contributed by atoms with Crippen molar-refractivity contribution < 1.29 is 14.3 Å². The molecule has 2 aromatic carbocycles. The standard InChI is InChI=1S/C27H26N4O3/c1-19-10-11-25-28-23(17-31(25)16-19)18-34-24-9-5-6-20(15-24)26(32)29-22-8-4-7-21(14-22)27(33)30-12-2-3-13-30/h4-11,14-17H,2-3,12-13,18H2,1H3,(H,29,32).